The molecule has 3 heterocycles. The second-order valence-corrected chi connectivity index (χ2v) is 7.33. The van der Waals surface area contributed by atoms with Crippen molar-refractivity contribution in [1.29, 1.82) is 0 Å². The largest absolute Gasteiger partial charge is 0.411 e. The summed E-state index contributed by atoms with van der Waals surface area (Å²) in [5, 5.41) is 13.8. The summed E-state index contributed by atoms with van der Waals surface area (Å²) >= 11 is 1.41. The van der Waals surface area contributed by atoms with Crippen molar-refractivity contribution in [3.8, 4) is 11.5 Å². The molecule has 0 saturated carbocycles. The van der Waals surface area contributed by atoms with Crippen LogP contribution in [-0.2, 0) is 6.42 Å². The first-order chi connectivity index (χ1) is 12.7. The lowest BCUT2D eigenvalue weighted by molar-refractivity contribution is 0.373. The van der Waals surface area contributed by atoms with E-state index in [-0.39, 0.29) is 5.25 Å². The highest BCUT2D eigenvalue weighted by Crippen LogP contribution is 2.35. The van der Waals surface area contributed by atoms with Gasteiger partial charge in [0.15, 0.2) is 5.82 Å². The number of rotatable bonds is 7. The lowest BCUT2D eigenvalue weighted by Crippen LogP contribution is -1.91. The lowest BCUT2D eigenvalue weighted by atomic mass is 10.2. The van der Waals surface area contributed by atoms with E-state index in [0.29, 0.717) is 17.0 Å². The predicted molar refractivity (Wildman–Crippen MR) is 98.8 cm³/mol. The zero-order valence-electron chi connectivity index (χ0n) is 14.6. The highest BCUT2D eigenvalue weighted by Gasteiger charge is 2.20. The number of hydrogen-bond donors (Lipinski definition) is 1. The summed E-state index contributed by atoms with van der Waals surface area (Å²) in [6.07, 6.45) is 4.88. The Labute approximate surface area is 154 Å². The van der Waals surface area contributed by atoms with Crippen LogP contribution < -0.4 is 0 Å². The van der Waals surface area contributed by atoms with E-state index in [9.17, 15) is 0 Å². The van der Waals surface area contributed by atoms with Crippen molar-refractivity contribution in [2.24, 2.45) is 0 Å². The molecule has 3 aromatic heterocycles. The van der Waals surface area contributed by atoms with Gasteiger partial charge in [-0.05, 0) is 19.4 Å². The molecular formula is C18H19N5O2S. The number of aryl methyl sites for hydroxylation is 1. The van der Waals surface area contributed by atoms with Crippen LogP contribution in [0.25, 0.3) is 22.4 Å². The Kier molecular flexibility index (Phi) is 4.75. The normalized spacial score (nSPS) is 12.7. The summed E-state index contributed by atoms with van der Waals surface area (Å²) in [6.45, 7) is 4.12. The molecule has 1 N–H and O–H groups in total. The fourth-order valence-corrected chi connectivity index (χ4v) is 3.40. The van der Waals surface area contributed by atoms with Crippen LogP contribution in [0.15, 0.2) is 44.6 Å². The van der Waals surface area contributed by atoms with Crippen LogP contribution in [0.5, 0.6) is 0 Å². The van der Waals surface area contributed by atoms with E-state index in [4.69, 9.17) is 8.94 Å². The number of hydrogen-bond acceptors (Lipinski definition) is 7. The van der Waals surface area contributed by atoms with Gasteiger partial charge in [-0.15, -0.1) is 10.2 Å². The summed E-state index contributed by atoms with van der Waals surface area (Å²) in [5.41, 5.74) is 1.93. The molecule has 4 rings (SSSR count). The SMILES string of the molecule is CCCCc1noc(C(C)Sc2nnc(-c3c[nH]c4ccccc34)o2)n1. The van der Waals surface area contributed by atoms with Crippen LogP contribution in [-0.4, -0.2) is 25.3 Å². The number of fused-ring (bicyclic) bond motifs is 1. The molecule has 0 aliphatic heterocycles. The smallest absolute Gasteiger partial charge is 0.277 e. The van der Waals surface area contributed by atoms with Crippen LogP contribution in [0.1, 0.15) is 43.7 Å². The molecule has 1 atom stereocenters. The molecule has 1 aromatic carbocycles. The second-order valence-electron chi connectivity index (χ2n) is 6.03. The molecule has 8 heteroatoms. The van der Waals surface area contributed by atoms with Gasteiger partial charge >= 0.3 is 0 Å². The summed E-state index contributed by atoms with van der Waals surface area (Å²) in [5.74, 6) is 1.82. The molecule has 134 valence electrons. The minimum Gasteiger partial charge on any atom is -0.411 e. The minimum absolute atomic E-state index is 0.0610. The number of unbranched alkanes of at least 4 members (excludes halogenated alkanes) is 1. The molecule has 0 bridgehead atoms. The van der Waals surface area contributed by atoms with Gasteiger partial charge in [0.1, 0.15) is 0 Å². The van der Waals surface area contributed by atoms with Gasteiger partial charge in [-0.1, -0.05) is 48.5 Å². The number of para-hydroxylation sites is 1. The first-order valence-corrected chi connectivity index (χ1v) is 9.51. The van der Waals surface area contributed by atoms with E-state index < -0.39 is 0 Å². The highest BCUT2D eigenvalue weighted by molar-refractivity contribution is 7.99. The molecule has 4 aromatic rings. The Morgan fingerprint density at radius 3 is 3.00 bits per heavy atom. The van der Waals surface area contributed by atoms with Crippen LogP contribution in [0, 0.1) is 0 Å². The van der Waals surface area contributed by atoms with Crippen molar-refractivity contribution in [1.82, 2.24) is 25.3 Å². The summed E-state index contributed by atoms with van der Waals surface area (Å²) < 4.78 is 11.2. The standard InChI is InChI=1S/C18H19N5O2S/c1-3-4-9-15-20-16(25-23-15)11(2)26-18-22-21-17(24-18)13-10-19-14-8-6-5-7-12(13)14/h5-8,10-11,19H,3-4,9H2,1-2H3. The van der Waals surface area contributed by atoms with Crippen LogP contribution in [0.2, 0.25) is 0 Å². The van der Waals surface area contributed by atoms with Crippen molar-refractivity contribution >= 4 is 22.7 Å². The molecule has 0 saturated heterocycles. The van der Waals surface area contributed by atoms with Crippen LogP contribution in [0.3, 0.4) is 0 Å². The topological polar surface area (TPSA) is 93.6 Å². The highest BCUT2D eigenvalue weighted by atomic mass is 32.2. The van der Waals surface area contributed by atoms with Gasteiger partial charge < -0.3 is 13.9 Å². The fourth-order valence-electron chi connectivity index (χ4n) is 2.69. The Morgan fingerprint density at radius 1 is 1.23 bits per heavy atom. The molecule has 0 fully saturated rings. The molecule has 0 spiro atoms. The quantitative estimate of drug-likeness (QED) is 0.468. The molecule has 0 aliphatic rings. The van der Waals surface area contributed by atoms with Gasteiger partial charge in [-0.3, -0.25) is 0 Å². The van der Waals surface area contributed by atoms with Crippen LogP contribution in [0.4, 0.5) is 0 Å². The Bertz CT molecular complexity index is 1010. The molecule has 0 amide bonds. The van der Waals surface area contributed by atoms with Gasteiger partial charge in [0.2, 0.25) is 5.89 Å². The van der Waals surface area contributed by atoms with E-state index >= 15 is 0 Å². The van der Waals surface area contributed by atoms with Gasteiger partial charge in [0, 0.05) is 23.5 Å². The molecule has 0 radical (unpaired) electrons. The van der Waals surface area contributed by atoms with E-state index in [2.05, 4.69) is 32.2 Å². The molecule has 0 aliphatic carbocycles. The summed E-state index contributed by atoms with van der Waals surface area (Å²) in [7, 11) is 0. The van der Waals surface area contributed by atoms with Crippen molar-refractivity contribution in [3.05, 3.63) is 42.2 Å². The number of aromatic amines is 1. The van der Waals surface area contributed by atoms with Crippen LogP contribution >= 0.6 is 11.8 Å². The third-order valence-corrected chi connectivity index (χ3v) is 5.01. The van der Waals surface area contributed by atoms with Crippen molar-refractivity contribution < 1.29 is 8.94 Å². The number of nitrogens with one attached hydrogen (secondary N) is 1. The zero-order chi connectivity index (χ0) is 17.9. The molecule has 7 nitrogen and oxygen atoms in total. The second kappa shape index (κ2) is 7.33. The monoisotopic (exact) mass is 369 g/mol. The maximum atomic E-state index is 5.83. The third-order valence-electron chi connectivity index (χ3n) is 4.09. The number of nitrogens with zero attached hydrogens (tertiary/aromatic N) is 4. The first kappa shape index (κ1) is 16.8. The fraction of sp³-hybridized carbons (Fsp3) is 0.333. The predicted octanol–water partition coefficient (Wildman–Crippen LogP) is 4.80. The maximum absolute atomic E-state index is 5.83. The molecule has 1 unspecified atom stereocenters. The number of thioether (sulfide) groups is 1. The van der Waals surface area contributed by atoms with E-state index in [0.717, 1.165) is 41.6 Å². The summed E-state index contributed by atoms with van der Waals surface area (Å²) in [4.78, 5) is 7.66. The van der Waals surface area contributed by atoms with Gasteiger partial charge in [-0.25, -0.2) is 0 Å². The van der Waals surface area contributed by atoms with Crippen molar-refractivity contribution in [2.45, 2.75) is 43.6 Å². The number of aromatic nitrogens is 5. The molecule has 26 heavy (non-hydrogen) atoms. The molecular weight excluding hydrogens is 350 g/mol. The van der Waals surface area contributed by atoms with Crippen molar-refractivity contribution in [2.75, 3.05) is 0 Å². The maximum Gasteiger partial charge on any atom is 0.277 e. The third kappa shape index (κ3) is 3.37. The Morgan fingerprint density at radius 2 is 2.12 bits per heavy atom. The Balaban J connectivity index is 1.49. The lowest BCUT2D eigenvalue weighted by Gasteiger charge is -2.00. The minimum atomic E-state index is -0.0610. The van der Waals surface area contributed by atoms with Gasteiger partial charge in [-0.2, -0.15) is 4.98 Å². The number of H-pyrrole nitrogens is 1. The first-order valence-electron chi connectivity index (χ1n) is 8.63. The zero-order valence-corrected chi connectivity index (χ0v) is 15.4. The average molecular weight is 369 g/mol. The van der Waals surface area contributed by atoms with Gasteiger partial charge in [0.25, 0.3) is 11.1 Å². The van der Waals surface area contributed by atoms with E-state index in [1.54, 1.807) is 0 Å². The Hall–Kier alpha value is -2.61. The summed E-state index contributed by atoms with van der Waals surface area (Å²) in [6, 6.07) is 8.01. The average Bonchev–Trinajstić information content (AvgIpc) is 3.38. The van der Waals surface area contributed by atoms with Crippen molar-refractivity contribution in [3.63, 3.8) is 0 Å². The van der Waals surface area contributed by atoms with Gasteiger partial charge in [0.05, 0.1) is 10.8 Å². The van der Waals surface area contributed by atoms with E-state index in [1.807, 2.05) is 37.4 Å². The van der Waals surface area contributed by atoms with E-state index in [1.165, 1.54) is 11.8 Å². The number of benzene rings is 1.